The van der Waals surface area contributed by atoms with Crippen LogP contribution in [0.25, 0.3) is 0 Å². The number of carbonyl (C=O) groups is 1. The number of amides is 1. The van der Waals surface area contributed by atoms with Crippen LogP contribution >= 0.6 is 11.8 Å². The van der Waals surface area contributed by atoms with Crippen LogP contribution in [0.2, 0.25) is 0 Å². The molecule has 0 spiro atoms. The lowest BCUT2D eigenvalue weighted by Crippen LogP contribution is -2.33. The summed E-state index contributed by atoms with van der Waals surface area (Å²) in [6, 6.07) is 0.0709. The summed E-state index contributed by atoms with van der Waals surface area (Å²) < 4.78 is 0. The Labute approximate surface area is 101 Å². The van der Waals surface area contributed by atoms with Gasteiger partial charge < -0.3 is 11.1 Å². The van der Waals surface area contributed by atoms with Crippen LogP contribution in [0.1, 0.15) is 33.6 Å². The third kappa shape index (κ3) is 4.88. The fraction of sp³-hybridized carbons (Fsp3) is 0.818. The van der Waals surface area contributed by atoms with Crippen molar-refractivity contribution in [2.24, 2.45) is 16.6 Å². The average molecular weight is 243 g/mol. The van der Waals surface area contributed by atoms with Gasteiger partial charge in [0.15, 0.2) is 5.17 Å². The van der Waals surface area contributed by atoms with Gasteiger partial charge >= 0.3 is 0 Å². The molecule has 3 N–H and O–H groups in total. The van der Waals surface area contributed by atoms with E-state index in [4.69, 9.17) is 5.73 Å². The molecular formula is C11H21N3OS. The van der Waals surface area contributed by atoms with Gasteiger partial charge in [-0.25, -0.2) is 0 Å². The third-order valence-corrected chi connectivity index (χ3v) is 3.47. The smallest absolute Gasteiger partial charge is 0.219 e. The molecule has 92 valence electrons. The fourth-order valence-electron chi connectivity index (χ4n) is 1.71. The maximum absolute atomic E-state index is 10.7. The Hall–Kier alpha value is -0.710. The van der Waals surface area contributed by atoms with Crippen LogP contribution in [0, 0.1) is 5.92 Å². The number of hydrogen-bond acceptors (Lipinski definition) is 4. The van der Waals surface area contributed by atoms with Gasteiger partial charge in [-0.2, -0.15) is 0 Å². The van der Waals surface area contributed by atoms with E-state index in [2.05, 4.69) is 24.2 Å². The number of primary amides is 1. The minimum atomic E-state index is -0.276. The van der Waals surface area contributed by atoms with Gasteiger partial charge in [0, 0.05) is 17.7 Å². The molecule has 0 bridgehead atoms. The van der Waals surface area contributed by atoms with E-state index < -0.39 is 0 Å². The molecule has 0 fully saturated rings. The van der Waals surface area contributed by atoms with E-state index in [1.54, 1.807) is 11.8 Å². The summed E-state index contributed by atoms with van der Waals surface area (Å²) in [6.45, 7) is 7.28. The molecule has 0 aromatic carbocycles. The Morgan fingerprint density at radius 2 is 2.31 bits per heavy atom. The van der Waals surface area contributed by atoms with Gasteiger partial charge in [-0.3, -0.25) is 9.79 Å². The summed E-state index contributed by atoms with van der Waals surface area (Å²) in [5.41, 5.74) is 5.14. The van der Waals surface area contributed by atoms with E-state index in [9.17, 15) is 4.79 Å². The molecule has 5 heteroatoms. The predicted octanol–water partition coefficient (Wildman–Crippen LogP) is 1.36. The second-order valence-electron chi connectivity index (χ2n) is 4.73. The monoisotopic (exact) mass is 243 g/mol. The van der Waals surface area contributed by atoms with Crippen molar-refractivity contribution in [2.45, 2.75) is 44.9 Å². The Morgan fingerprint density at radius 3 is 2.88 bits per heavy atom. The number of aliphatic imine (C=N–C) groups is 1. The van der Waals surface area contributed by atoms with Crippen molar-refractivity contribution in [3.8, 4) is 0 Å². The van der Waals surface area contributed by atoms with Crippen molar-refractivity contribution in [3.63, 3.8) is 0 Å². The molecule has 1 aliphatic rings. The highest BCUT2D eigenvalue weighted by Crippen LogP contribution is 2.25. The minimum Gasteiger partial charge on any atom is -0.370 e. The minimum absolute atomic E-state index is 0.0709. The topological polar surface area (TPSA) is 67.5 Å². The molecule has 1 amide bonds. The number of nitrogens with two attached hydrogens (primary N) is 1. The van der Waals surface area contributed by atoms with Crippen molar-refractivity contribution in [3.05, 3.63) is 0 Å². The van der Waals surface area contributed by atoms with Gasteiger partial charge in [0.1, 0.15) is 0 Å². The average Bonchev–Trinajstić information content (AvgIpc) is 2.49. The highest BCUT2D eigenvalue weighted by molar-refractivity contribution is 8.14. The molecule has 2 unspecified atom stereocenters. The lowest BCUT2D eigenvalue weighted by atomic mass is 10.1. The van der Waals surface area contributed by atoms with Crippen LogP contribution in [0.15, 0.2) is 4.99 Å². The summed E-state index contributed by atoms with van der Waals surface area (Å²) in [4.78, 5) is 15.2. The van der Waals surface area contributed by atoms with Gasteiger partial charge in [-0.05, 0) is 19.3 Å². The van der Waals surface area contributed by atoms with E-state index in [0.717, 1.165) is 11.7 Å². The number of amidine groups is 1. The number of thioether (sulfide) groups is 1. The molecule has 0 aromatic heterocycles. The quantitative estimate of drug-likeness (QED) is 0.766. The van der Waals surface area contributed by atoms with Crippen molar-refractivity contribution in [1.29, 1.82) is 0 Å². The van der Waals surface area contributed by atoms with Crippen LogP contribution in [0.5, 0.6) is 0 Å². The normalized spacial score (nSPS) is 22.0. The first-order chi connectivity index (χ1) is 7.47. The van der Waals surface area contributed by atoms with Gasteiger partial charge in [0.2, 0.25) is 5.91 Å². The molecule has 1 heterocycles. The highest BCUT2D eigenvalue weighted by Gasteiger charge is 2.21. The number of rotatable bonds is 5. The molecule has 16 heavy (non-hydrogen) atoms. The fourth-order valence-corrected chi connectivity index (χ4v) is 3.07. The Morgan fingerprint density at radius 1 is 1.62 bits per heavy atom. The first-order valence-electron chi connectivity index (χ1n) is 5.73. The lowest BCUT2D eigenvalue weighted by molar-refractivity contribution is -0.118. The van der Waals surface area contributed by atoms with Crippen LogP contribution in [-0.4, -0.2) is 28.9 Å². The number of carbonyl (C=O) groups excluding carboxylic acids is 1. The van der Waals surface area contributed by atoms with Gasteiger partial charge in [-0.1, -0.05) is 25.6 Å². The van der Waals surface area contributed by atoms with Crippen LogP contribution in [-0.2, 0) is 4.79 Å². The van der Waals surface area contributed by atoms with Crippen molar-refractivity contribution < 1.29 is 4.79 Å². The molecular weight excluding hydrogens is 222 g/mol. The zero-order valence-corrected chi connectivity index (χ0v) is 11.0. The van der Waals surface area contributed by atoms with Gasteiger partial charge in [-0.15, -0.1) is 0 Å². The predicted molar refractivity (Wildman–Crippen MR) is 69.5 cm³/mol. The summed E-state index contributed by atoms with van der Waals surface area (Å²) >= 11 is 1.78. The van der Waals surface area contributed by atoms with Crippen LogP contribution < -0.4 is 11.1 Å². The Balaban J connectivity index is 2.27. The van der Waals surface area contributed by atoms with E-state index in [1.807, 2.05) is 6.92 Å². The maximum Gasteiger partial charge on any atom is 0.219 e. The molecule has 1 aliphatic heterocycles. The number of nitrogens with one attached hydrogen (secondary N) is 1. The standard InChI is InChI=1S/C11H21N3OS/c1-7(2)4-9-6-13-11(16-9)14-8(3)5-10(12)15/h7-9H,4-6H2,1-3H3,(H2,12,15)(H,13,14). The van der Waals surface area contributed by atoms with E-state index >= 15 is 0 Å². The van der Waals surface area contributed by atoms with Gasteiger partial charge in [0.25, 0.3) is 0 Å². The summed E-state index contributed by atoms with van der Waals surface area (Å²) in [6.07, 6.45) is 1.54. The molecule has 0 saturated carbocycles. The summed E-state index contributed by atoms with van der Waals surface area (Å²) in [5, 5.41) is 4.77. The molecule has 2 atom stereocenters. The Bertz CT molecular complexity index is 278. The summed E-state index contributed by atoms with van der Waals surface area (Å²) in [5.74, 6) is 0.428. The molecule has 1 rings (SSSR count). The van der Waals surface area contributed by atoms with E-state index in [-0.39, 0.29) is 11.9 Å². The zero-order valence-electron chi connectivity index (χ0n) is 10.2. The molecule has 0 aliphatic carbocycles. The second-order valence-corrected chi connectivity index (χ2v) is 6.02. The molecule has 0 aromatic rings. The SMILES string of the molecule is CC(C)CC1CN=C(NC(C)CC(N)=O)S1. The number of nitrogens with zero attached hydrogens (tertiary/aromatic N) is 1. The molecule has 4 nitrogen and oxygen atoms in total. The van der Waals surface area contributed by atoms with E-state index in [0.29, 0.717) is 17.6 Å². The largest absolute Gasteiger partial charge is 0.370 e. The van der Waals surface area contributed by atoms with Crippen molar-refractivity contribution in [1.82, 2.24) is 5.32 Å². The highest BCUT2D eigenvalue weighted by atomic mass is 32.2. The van der Waals surface area contributed by atoms with Crippen molar-refractivity contribution in [2.75, 3.05) is 6.54 Å². The van der Waals surface area contributed by atoms with Gasteiger partial charge in [0.05, 0.1) is 6.54 Å². The first kappa shape index (κ1) is 13.4. The van der Waals surface area contributed by atoms with E-state index in [1.165, 1.54) is 6.42 Å². The lowest BCUT2D eigenvalue weighted by Gasteiger charge is -2.14. The molecule has 0 radical (unpaired) electrons. The van der Waals surface area contributed by atoms with Crippen LogP contribution in [0.4, 0.5) is 0 Å². The van der Waals surface area contributed by atoms with Crippen molar-refractivity contribution >= 4 is 22.8 Å². The summed E-state index contributed by atoms with van der Waals surface area (Å²) in [7, 11) is 0. The Kier molecular flexibility index (Phi) is 5.12. The number of hydrogen-bond donors (Lipinski definition) is 2. The molecule has 0 saturated heterocycles. The third-order valence-electron chi connectivity index (χ3n) is 2.33. The van der Waals surface area contributed by atoms with Crippen LogP contribution in [0.3, 0.4) is 0 Å². The zero-order chi connectivity index (χ0) is 12.1. The first-order valence-corrected chi connectivity index (χ1v) is 6.61. The second kappa shape index (κ2) is 6.13. The maximum atomic E-state index is 10.7.